The first kappa shape index (κ1) is 10.7. The second-order valence-electron chi connectivity index (χ2n) is 4.13. The summed E-state index contributed by atoms with van der Waals surface area (Å²) in [6.07, 6.45) is 2.33. The van der Waals surface area contributed by atoms with Gasteiger partial charge in [-0.05, 0) is 49.2 Å². The van der Waals surface area contributed by atoms with E-state index in [1.165, 1.54) is 17.5 Å². The van der Waals surface area contributed by atoms with E-state index in [2.05, 4.69) is 35.8 Å². The van der Waals surface area contributed by atoms with Crippen LogP contribution in [0.5, 0.6) is 0 Å². The van der Waals surface area contributed by atoms with E-state index in [4.69, 9.17) is 0 Å². The predicted octanol–water partition coefficient (Wildman–Crippen LogP) is 1.48. The number of hydrogen-bond acceptors (Lipinski definition) is 2. The molecule has 15 heavy (non-hydrogen) atoms. The van der Waals surface area contributed by atoms with E-state index < -0.39 is 0 Å². The second-order valence-corrected chi connectivity index (χ2v) is 4.13. The van der Waals surface area contributed by atoms with Crippen molar-refractivity contribution in [1.82, 2.24) is 10.6 Å². The van der Waals surface area contributed by atoms with Crippen LogP contribution in [0.4, 0.5) is 0 Å². The largest absolute Gasteiger partial charge is 0.317 e. The lowest BCUT2D eigenvalue weighted by Gasteiger charge is -2.17. The number of benzene rings is 1. The molecule has 0 bridgehead atoms. The average Bonchev–Trinajstić information content (AvgIpc) is 2.29. The van der Waals surface area contributed by atoms with E-state index in [0.29, 0.717) is 0 Å². The van der Waals surface area contributed by atoms with Gasteiger partial charge in [0.25, 0.3) is 0 Å². The van der Waals surface area contributed by atoms with Crippen molar-refractivity contribution in [1.29, 1.82) is 0 Å². The zero-order valence-corrected chi connectivity index (χ0v) is 9.47. The summed E-state index contributed by atoms with van der Waals surface area (Å²) < 4.78 is 0. The molecule has 2 heteroatoms. The van der Waals surface area contributed by atoms with Crippen molar-refractivity contribution in [2.75, 3.05) is 19.6 Å². The average molecular weight is 204 g/mol. The number of fused-ring (bicyclic) bond motifs is 1. The Balaban J connectivity index is 2.00. The smallest absolute Gasteiger partial charge is 0.0208 e. The van der Waals surface area contributed by atoms with Gasteiger partial charge in [-0.15, -0.1) is 0 Å². The van der Waals surface area contributed by atoms with Crippen molar-refractivity contribution < 1.29 is 0 Å². The Kier molecular flexibility index (Phi) is 3.75. The minimum atomic E-state index is 1.04. The summed E-state index contributed by atoms with van der Waals surface area (Å²) in [4.78, 5) is 0. The predicted molar refractivity (Wildman–Crippen MR) is 64.1 cm³/mol. The van der Waals surface area contributed by atoms with Crippen LogP contribution in [0.2, 0.25) is 0 Å². The van der Waals surface area contributed by atoms with Crippen LogP contribution in [0.25, 0.3) is 0 Å². The molecular weight excluding hydrogens is 184 g/mol. The summed E-state index contributed by atoms with van der Waals surface area (Å²) in [7, 11) is 0. The lowest BCUT2D eigenvalue weighted by molar-refractivity contribution is 0.641. The fourth-order valence-corrected chi connectivity index (χ4v) is 2.10. The van der Waals surface area contributed by atoms with Crippen LogP contribution in [0, 0.1) is 0 Å². The molecule has 0 saturated carbocycles. The molecule has 2 N–H and O–H groups in total. The van der Waals surface area contributed by atoms with Gasteiger partial charge in [0, 0.05) is 6.54 Å². The molecular formula is C13H20N2. The molecule has 0 atom stereocenters. The van der Waals surface area contributed by atoms with E-state index in [0.717, 1.165) is 32.6 Å². The lowest BCUT2D eigenvalue weighted by atomic mass is 9.97. The summed E-state index contributed by atoms with van der Waals surface area (Å²) >= 11 is 0. The maximum Gasteiger partial charge on any atom is 0.0208 e. The molecule has 2 rings (SSSR count). The Labute approximate surface area is 92.1 Å². The number of hydrogen-bond donors (Lipinski definition) is 2. The third-order valence-electron chi connectivity index (χ3n) is 3.00. The van der Waals surface area contributed by atoms with E-state index in [9.17, 15) is 0 Å². The van der Waals surface area contributed by atoms with Gasteiger partial charge in [-0.2, -0.15) is 0 Å². The highest BCUT2D eigenvalue weighted by molar-refractivity contribution is 5.33. The molecule has 2 nitrogen and oxygen atoms in total. The Morgan fingerprint density at radius 1 is 1.33 bits per heavy atom. The monoisotopic (exact) mass is 204 g/mol. The standard InChI is InChI=1S/C13H20N2/c1-2-14-7-5-11-3-4-13-10-15-8-6-12(13)9-11/h3-4,9,14-15H,2,5-8,10H2,1H3. The molecule has 0 radical (unpaired) electrons. The zero-order valence-electron chi connectivity index (χ0n) is 9.47. The maximum atomic E-state index is 3.40. The van der Waals surface area contributed by atoms with Crippen LogP contribution in [0.15, 0.2) is 18.2 Å². The molecule has 0 unspecified atom stereocenters. The van der Waals surface area contributed by atoms with Crippen molar-refractivity contribution in [2.24, 2.45) is 0 Å². The quantitative estimate of drug-likeness (QED) is 0.726. The van der Waals surface area contributed by atoms with Gasteiger partial charge in [0.15, 0.2) is 0 Å². The molecule has 1 aromatic rings. The lowest BCUT2D eigenvalue weighted by Crippen LogP contribution is -2.23. The highest BCUT2D eigenvalue weighted by Crippen LogP contribution is 2.15. The molecule has 0 saturated heterocycles. The normalized spacial score (nSPS) is 15.0. The minimum absolute atomic E-state index is 1.04. The molecule has 0 spiro atoms. The maximum absolute atomic E-state index is 3.40. The molecule has 1 aliphatic rings. The van der Waals surface area contributed by atoms with Gasteiger partial charge in [0.05, 0.1) is 0 Å². The van der Waals surface area contributed by atoms with Crippen molar-refractivity contribution in [3.05, 3.63) is 34.9 Å². The van der Waals surface area contributed by atoms with Crippen molar-refractivity contribution in [2.45, 2.75) is 26.3 Å². The Morgan fingerprint density at radius 2 is 2.27 bits per heavy atom. The van der Waals surface area contributed by atoms with Crippen LogP contribution in [-0.4, -0.2) is 19.6 Å². The zero-order chi connectivity index (χ0) is 10.5. The van der Waals surface area contributed by atoms with Crippen LogP contribution in [-0.2, 0) is 19.4 Å². The Bertz CT molecular complexity index is 320. The van der Waals surface area contributed by atoms with Crippen molar-refractivity contribution in [3.8, 4) is 0 Å². The van der Waals surface area contributed by atoms with Crippen molar-refractivity contribution in [3.63, 3.8) is 0 Å². The highest BCUT2D eigenvalue weighted by atomic mass is 14.9. The molecule has 0 amide bonds. The molecule has 1 aromatic carbocycles. The Morgan fingerprint density at radius 3 is 3.13 bits per heavy atom. The minimum Gasteiger partial charge on any atom is -0.317 e. The first-order valence-corrected chi connectivity index (χ1v) is 5.92. The summed E-state index contributed by atoms with van der Waals surface area (Å²) in [6, 6.07) is 6.93. The fourth-order valence-electron chi connectivity index (χ4n) is 2.10. The number of nitrogens with one attached hydrogen (secondary N) is 2. The summed E-state index contributed by atoms with van der Waals surface area (Å²) in [6.45, 7) is 6.48. The summed E-state index contributed by atoms with van der Waals surface area (Å²) in [5, 5.41) is 6.76. The van der Waals surface area contributed by atoms with Gasteiger partial charge < -0.3 is 10.6 Å². The second kappa shape index (κ2) is 5.29. The third kappa shape index (κ3) is 2.80. The van der Waals surface area contributed by atoms with Gasteiger partial charge in [-0.1, -0.05) is 25.1 Å². The van der Waals surface area contributed by atoms with Gasteiger partial charge in [-0.3, -0.25) is 0 Å². The van der Waals surface area contributed by atoms with Gasteiger partial charge >= 0.3 is 0 Å². The van der Waals surface area contributed by atoms with E-state index >= 15 is 0 Å². The van der Waals surface area contributed by atoms with E-state index in [1.807, 2.05) is 0 Å². The van der Waals surface area contributed by atoms with Crippen molar-refractivity contribution >= 4 is 0 Å². The first-order valence-electron chi connectivity index (χ1n) is 5.92. The van der Waals surface area contributed by atoms with Crippen LogP contribution >= 0.6 is 0 Å². The van der Waals surface area contributed by atoms with Crippen LogP contribution < -0.4 is 10.6 Å². The molecule has 0 fully saturated rings. The highest BCUT2D eigenvalue weighted by Gasteiger charge is 2.08. The Hall–Kier alpha value is -0.860. The fraction of sp³-hybridized carbons (Fsp3) is 0.538. The molecule has 0 aromatic heterocycles. The van der Waals surface area contributed by atoms with Gasteiger partial charge in [0.2, 0.25) is 0 Å². The number of likely N-dealkylation sites (N-methyl/N-ethyl adjacent to an activating group) is 1. The summed E-state index contributed by atoms with van der Waals surface area (Å²) in [5.41, 5.74) is 4.49. The van der Waals surface area contributed by atoms with E-state index in [-0.39, 0.29) is 0 Å². The molecule has 0 aliphatic carbocycles. The summed E-state index contributed by atoms with van der Waals surface area (Å²) in [5.74, 6) is 0. The van der Waals surface area contributed by atoms with Gasteiger partial charge in [-0.25, -0.2) is 0 Å². The van der Waals surface area contributed by atoms with Crippen LogP contribution in [0.1, 0.15) is 23.6 Å². The molecule has 82 valence electrons. The topological polar surface area (TPSA) is 24.1 Å². The molecule has 1 aliphatic heterocycles. The molecule has 1 heterocycles. The SMILES string of the molecule is CCNCCc1ccc2c(c1)CCNC2. The number of rotatable bonds is 4. The van der Waals surface area contributed by atoms with Gasteiger partial charge in [0.1, 0.15) is 0 Å². The van der Waals surface area contributed by atoms with Crippen LogP contribution in [0.3, 0.4) is 0 Å². The van der Waals surface area contributed by atoms with E-state index in [1.54, 1.807) is 5.56 Å². The third-order valence-corrected chi connectivity index (χ3v) is 3.00. The first-order chi connectivity index (χ1) is 7.40.